The smallest absolute Gasteiger partial charge is 0.397 e. The third-order valence-electron chi connectivity index (χ3n) is 5.38. The number of nitrogens with zero attached hydrogens (tertiary/aromatic N) is 1. The molecule has 7 nitrogen and oxygen atoms in total. The SMILES string of the molecule is COc1ccc2c3c1O[C@H]1C[C@@H](OS(=O)(=O)O)C=C[C@]31CCN(C)C2. The third kappa shape index (κ3) is 2.73. The summed E-state index contributed by atoms with van der Waals surface area (Å²) in [6.45, 7) is 1.72. The Bertz CT molecular complexity index is 836. The largest absolute Gasteiger partial charge is 0.493 e. The lowest BCUT2D eigenvalue weighted by molar-refractivity contribution is 0.0890. The minimum Gasteiger partial charge on any atom is -0.493 e. The minimum atomic E-state index is -4.51. The van der Waals surface area contributed by atoms with Gasteiger partial charge in [-0.3, -0.25) is 4.55 Å². The van der Waals surface area contributed by atoms with Crippen LogP contribution in [0.5, 0.6) is 11.5 Å². The number of methoxy groups -OCH3 is 1. The van der Waals surface area contributed by atoms with Crippen LogP contribution in [0.4, 0.5) is 0 Å². The van der Waals surface area contributed by atoms with Gasteiger partial charge in [0.05, 0.1) is 12.5 Å². The molecule has 0 radical (unpaired) electrons. The van der Waals surface area contributed by atoms with Crippen LogP contribution < -0.4 is 9.47 Å². The summed E-state index contributed by atoms with van der Waals surface area (Å²) in [4.78, 5) is 2.26. The summed E-state index contributed by atoms with van der Waals surface area (Å²) in [5, 5.41) is 0. The molecule has 2 heterocycles. The summed E-state index contributed by atoms with van der Waals surface area (Å²) in [5.74, 6) is 1.41. The number of rotatable bonds is 3. The Kier molecular flexibility index (Phi) is 3.84. The second kappa shape index (κ2) is 5.70. The average molecular weight is 367 g/mol. The zero-order valence-corrected chi connectivity index (χ0v) is 15.0. The van der Waals surface area contributed by atoms with Crippen LogP contribution in [0, 0.1) is 0 Å². The van der Waals surface area contributed by atoms with E-state index in [4.69, 9.17) is 18.2 Å². The highest BCUT2D eigenvalue weighted by Crippen LogP contribution is 2.55. The van der Waals surface area contributed by atoms with Gasteiger partial charge in [-0.05, 0) is 31.6 Å². The fourth-order valence-electron chi connectivity index (χ4n) is 4.29. The number of hydrogen-bond donors (Lipinski definition) is 1. The van der Waals surface area contributed by atoms with E-state index in [0.29, 0.717) is 12.2 Å². The van der Waals surface area contributed by atoms with E-state index in [2.05, 4.69) is 18.0 Å². The molecule has 25 heavy (non-hydrogen) atoms. The maximum atomic E-state index is 11.1. The molecule has 2 aliphatic heterocycles. The molecule has 0 fully saturated rings. The predicted molar refractivity (Wildman–Crippen MR) is 90.2 cm³/mol. The van der Waals surface area contributed by atoms with Gasteiger partial charge in [0.2, 0.25) is 0 Å². The Morgan fingerprint density at radius 2 is 2.20 bits per heavy atom. The van der Waals surface area contributed by atoms with E-state index in [1.54, 1.807) is 13.2 Å². The standard InChI is InChI=1S/C17H21NO6S/c1-18-8-7-17-6-5-12(24-25(19,20)21)9-14(17)23-16-13(22-2)4-3-11(10-18)15(16)17/h3-6,12,14H,7-10H2,1-2H3,(H,19,20,21)/t12-,14-,17+/m0/s1. The topological polar surface area (TPSA) is 85.3 Å². The van der Waals surface area contributed by atoms with E-state index < -0.39 is 16.5 Å². The molecule has 0 unspecified atom stereocenters. The Labute approximate surface area is 147 Å². The lowest BCUT2D eigenvalue weighted by atomic mass is 9.69. The summed E-state index contributed by atoms with van der Waals surface area (Å²) in [5.41, 5.74) is 1.99. The second-order valence-electron chi connectivity index (χ2n) is 6.92. The van der Waals surface area contributed by atoms with Crippen molar-refractivity contribution in [3.8, 4) is 11.5 Å². The fraction of sp³-hybridized carbons (Fsp3) is 0.529. The zero-order chi connectivity index (χ0) is 17.8. The Morgan fingerprint density at radius 1 is 1.40 bits per heavy atom. The number of ether oxygens (including phenoxy) is 2. The molecular formula is C17H21NO6S. The summed E-state index contributed by atoms with van der Waals surface area (Å²) < 4.78 is 47.5. The van der Waals surface area contributed by atoms with E-state index in [-0.39, 0.29) is 11.5 Å². The van der Waals surface area contributed by atoms with E-state index in [1.807, 2.05) is 12.1 Å². The maximum absolute atomic E-state index is 11.1. The molecule has 1 aromatic rings. The first-order chi connectivity index (χ1) is 11.8. The van der Waals surface area contributed by atoms with Gasteiger partial charge in [0.25, 0.3) is 0 Å². The van der Waals surface area contributed by atoms with E-state index >= 15 is 0 Å². The summed E-state index contributed by atoms with van der Waals surface area (Å²) in [6.07, 6.45) is 3.91. The van der Waals surface area contributed by atoms with Crippen LogP contribution in [0.15, 0.2) is 24.3 Å². The van der Waals surface area contributed by atoms with Crippen LogP contribution in [-0.4, -0.2) is 50.8 Å². The molecule has 136 valence electrons. The summed E-state index contributed by atoms with van der Waals surface area (Å²) in [6, 6.07) is 3.98. The van der Waals surface area contributed by atoms with Crippen molar-refractivity contribution in [3.63, 3.8) is 0 Å². The van der Waals surface area contributed by atoms with Gasteiger partial charge in [-0.25, -0.2) is 4.18 Å². The highest BCUT2D eigenvalue weighted by molar-refractivity contribution is 7.80. The van der Waals surface area contributed by atoms with Crippen molar-refractivity contribution in [2.75, 3.05) is 20.7 Å². The van der Waals surface area contributed by atoms with Gasteiger partial charge in [-0.15, -0.1) is 0 Å². The maximum Gasteiger partial charge on any atom is 0.397 e. The molecule has 1 aromatic carbocycles. The third-order valence-corrected chi connectivity index (χ3v) is 5.87. The molecule has 4 rings (SSSR count). The fourth-order valence-corrected chi connectivity index (χ4v) is 4.75. The monoisotopic (exact) mass is 367 g/mol. The van der Waals surface area contributed by atoms with Gasteiger partial charge >= 0.3 is 10.4 Å². The molecule has 0 amide bonds. The van der Waals surface area contributed by atoms with Gasteiger partial charge in [0, 0.05) is 18.5 Å². The first kappa shape index (κ1) is 16.8. The molecular weight excluding hydrogens is 346 g/mol. The van der Waals surface area contributed by atoms with Gasteiger partial charge in [0.1, 0.15) is 12.2 Å². The second-order valence-corrected chi connectivity index (χ2v) is 7.97. The molecule has 0 aromatic heterocycles. The van der Waals surface area contributed by atoms with Crippen molar-refractivity contribution >= 4 is 10.4 Å². The first-order valence-electron chi connectivity index (χ1n) is 8.23. The van der Waals surface area contributed by atoms with Gasteiger partial charge < -0.3 is 14.4 Å². The Balaban J connectivity index is 1.81. The van der Waals surface area contributed by atoms with E-state index in [0.717, 1.165) is 30.8 Å². The molecule has 3 aliphatic rings. The van der Waals surface area contributed by atoms with Crippen LogP contribution in [0.25, 0.3) is 0 Å². The van der Waals surface area contributed by atoms with Crippen LogP contribution in [0.3, 0.4) is 0 Å². The first-order valence-corrected chi connectivity index (χ1v) is 9.59. The predicted octanol–water partition coefficient (Wildman–Crippen LogP) is 1.68. The molecule has 1 aliphatic carbocycles. The molecule has 0 bridgehead atoms. The lowest BCUT2D eigenvalue weighted by Gasteiger charge is -2.36. The molecule has 8 heteroatoms. The van der Waals surface area contributed by atoms with Crippen LogP contribution in [0.2, 0.25) is 0 Å². The highest BCUT2D eigenvalue weighted by Gasteiger charge is 2.53. The van der Waals surface area contributed by atoms with Crippen molar-refractivity contribution in [1.82, 2.24) is 4.90 Å². The lowest BCUT2D eigenvalue weighted by Crippen LogP contribution is -2.43. The van der Waals surface area contributed by atoms with E-state index in [9.17, 15) is 8.42 Å². The molecule has 3 atom stereocenters. The molecule has 0 saturated carbocycles. The quantitative estimate of drug-likeness (QED) is 0.642. The van der Waals surface area contributed by atoms with Gasteiger partial charge in [0.15, 0.2) is 11.5 Å². The van der Waals surface area contributed by atoms with Crippen molar-refractivity contribution in [2.24, 2.45) is 0 Å². The van der Waals surface area contributed by atoms with Crippen LogP contribution in [-0.2, 0) is 26.5 Å². The van der Waals surface area contributed by atoms with E-state index in [1.165, 1.54) is 5.56 Å². The van der Waals surface area contributed by atoms with Crippen LogP contribution in [0.1, 0.15) is 24.0 Å². The number of benzene rings is 1. The van der Waals surface area contributed by atoms with Crippen molar-refractivity contribution < 1.29 is 26.6 Å². The normalized spacial score (nSPS) is 31.0. The Hall–Kier alpha value is -1.61. The highest BCUT2D eigenvalue weighted by atomic mass is 32.3. The van der Waals surface area contributed by atoms with Crippen molar-refractivity contribution in [1.29, 1.82) is 0 Å². The Morgan fingerprint density at radius 3 is 2.92 bits per heavy atom. The summed E-state index contributed by atoms with van der Waals surface area (Å²) >= 11 is 0. The van der Waals surface area contributed by atoms with Crippen molar-refractivity contribution in [3.05, 3.63) is 35.4 Å². The number of hydrogen-bond acceptors (Lipinski definition) is 6. The van der Waals surface area contributed by atoms with Gasteiger partial charge in [-0.2, -0.15) is 8.42 Å². The summed E-state index contributed by atoms with van der Waals surface area (Å²) in [7, 11) is -0.815. The molecule has 1 spiro atoms. The minimum absolute atomic E-state index is 0.263. The zero-order valence-electron chi connectivity index (χ0n) is 14.1. The average Bonchev–Trinajstić information content (AvgIpc) is 2.79. The van der Waals surface area contributed by atoms with Crippen LogP contribution >= 0.6 is 0 Å². The molecule has 1 N–H and O–H groups in total. The van der Waals surface area contributed by atoms with Gasteiger partial charge in [-0.1, -0.05) is 18.2 Å². The molecule has 0 saturated heterocycles. The van der Waals surface area contributed by atoms with Crippen molar-refractivity contribution in [2.45, 2.75) is 37.0 Å².